The Morgan fingerprint density at radius 2 is 2.33 bits per heavy atom. The summed E-state index contributed by atoms with van der Waals surface area (Å²) >= 11 is 7.32. The highest BCUT2D eigenvalue weighted by Crippen LogP contribution is 2.22. The molecule has 0 aliphatic carbocycles. The number of amides is 1. The van der Waals surface area contributed by atoms with Crippen LogP contribution in [0.4, 0.5) is 10.1 Å². The van der Waals surface area contributed by atoms with Gasteiger partial charge >= 0.3 is 0 Å². The zero-order valence-corrected chi connectivity index (χ0v) is 11.7. The predicted molar refractivity (Wildman–Crippen MR) is 75.6 cm³/mol. The molecule has 0 aliphatic heterocycles. The largest absolute Gasteiger partial charge is 0.330 e. The van der Waals surface area contributed by atoms with Gasteiger partial charge in [0.1, 0.15) is 5.82 Å². The highest BCUT2D eigenvalue weighted by Gasteiger charge is 2.08. The van der Waals surface area contributed by atoms with Crippen molar-refractivity contribution in [3.63, 3.8) is 0 Å². The first-order valence-electron chi connectivity index (χ1n) is 5.55. The second-order valence-corrected chi connectivity index (χ2v) is 5.47. The molecule has 1 unspecified atom stereocenters. The molecule has 0 aromatic heterocycles. The van der Waals surface area contributed by atoms with Crippen molar-refractivity contribution in [2.75, 3.05) is 23.4 Å². The number of anilines is 1. The van der Waals surface area contributed by atoms with Gasteiger partial charge in [-0.2, -0.15) is 11.8 Å². The summed E-state index contributed by atoms with van der Waals surface area (Å²) in [6.45, 7) is 2.64. The van der Waals surface area contributed by atoms with Crippen molar-refractivity contribution < 1.29 is 9.18 Å². The zero-order chi connectivity index (χ0) is 13.5. The predicted octanol–water partition coefficient (Wildman–Crippen LogP) is 2.75. The van der Waals surface area contributed by atoms with E-state index < -0.39 is 5.82 Å². The molecule has 1 amide bonds. The summed E-state index contributed by atoms with van der Waals surface area (Å²) in [4.78, 5) is 11.6. The molecule has 3 N–H and O–H groups in total. The van der Waals surface area contributed by atoms with Gasteiger partial charge in [0.2, 0.25) is 5.91 Å². The smallest absolute Gasteiger partial charge is 0.234 e. The third kappa shape index (κ3) is 5.25. The fraction of sp³-hybridized carbons (Fsp3) is 0.417. The lowest BCUT2D eigenvalue weighted by Gasteiger charge is -2.09. The molecule has 0 fully saturated rings. The Bertz CT molecular complexity index is 417. The maximum Gasteiger partial charge on any atom is 0.234 e. The van der Waals surface area contributed by atoms with Gasteiger partial charge < -0.3 is 11.1 Å². The van der Waals surface area contributed by atoms with Crippen LogP contribution < -0.4 is 11.1 Å². The quantitative estimate of drug-likeness (QED) is 0.847. The van der Waals surface area contributed by atoms with E-state index >= 15 is 0 Å². The number of nitrogens with two attached hydrogens (primary N) is 1. The molecule has 1 atom stereocenters. The molecular formula is C12H16ClFN2OS. The summed E-state index contributed by atoms with van der Waals surface area (Å²) < 4.78 is 12.8. The molecule has 1 rings (SSSR count). The van der Waals surface area contributed by atoms with E-state index in [1.165, 1.54) is 30.0 Å². The zero-order valence-electron chi connectivity index (χ0n) is 10.1. The van der Waals surface area contributed by atoms with E-state index in [0.717, 1.165) is 5.75 Å². The Morgan fingerprint density at radius 1 is 1.61 bits per heavy atom. The third-order valence-corrected chi connectivity index (χ3v) is 3.83. The number of nitrogens with one attached hydrogen (secondary N) is 1. The highest BCUT2D eigenvalue weighted by atomic mass is 35.5. The molecule has 6 heteroatoms. The van der Waals surface area contributed by atoms with Gasteiger partial charge in [-0.25, -0.2) is 4.39 Å². The van der Waals surface area contributed by atoms with Crippen LogP contribution in [0.5, 0.6) is 0 Å². The van der Waals surface area contributed by atoms with Crippen molar-refractivity contribution >= 4 is 35.0 Å². The van der Waals surface area contributed by atoms with Gasteiger partial charge in [-0.05, 0) is 36.4 Å². The lowest BCUT2D eigenvalue weighted by Crippen LogP contribution is -2.17. The van der Waals surface area contributed by atoms with Crippen LogP contribution >= 0.6 is 23.4 Å². The molecule has 1 aromatic carbocycles. The Morgan fingerprint density at radius 3 is 2.94 bits per heavy atom. The Balaban J connectivity index is 2.40. The van der Waals surface area contributed by atoms with Crippen molar-refractivity contribution in [2.45, 2.75) is 6.92 Å². The fourth-order valence-electron chi connectivity index (χ4n) is 1.20. The SMILES string of the molecule is CC(CN)CSCC(=O)Nc1ccc(F)cc1Cl. The van der Waals surface area contributed by atoms with Crippen molar-refractivity contribution in [1.82, 2.24) is 0 Å². The maximum atomic E-state index is 12.8. The average molecular weight is 291 g/mol. The number of thioether (sulfide) groups is 1. The van der Waals surface area contributed by atoms with E-state index in [0.29, 0.717) is 23.9 Å². The minimum atomic E-state index is -0.427. The molecule has 0 saturated heterocycles. The molecule has 0 aliphatic rings. The molecule has 0 heterocycles. The van der Waals surface area contributed by atoms with Crippen LogP contribution in [0.15, 0.2) is 18.2 Å². The molecule has 1 aromatic rings. The number of carbonyl (C=O) groups excluding carboxylic acids is 1. The van der Waals surface area contributed by atoms with Gasteiger partial charge in [0, 0.05) is 0 Å². The summed E-state index contributed by atoms with van der Waals surface area (Å²) in [5.74, 6) is 0.970. The van der Waals surface area contributed by atoms with Crippen molar-refractivity contribution in [3.05, 3.63) is 29.0 Å². The van der Waals surface area contributed by atoms with Gasteiger partial charge in [-0.15, -0.1) is 0 Å². The van der Waals surface area contributed by atoms with Crippen LogP contribution in [0.25, 0.3) is 0 Å². The van der Waals surface area contributed by atoms with E-state index in [1.54, 1.807) is 0 Å². The number of hydrogen-bond donors (Lipinski definition) is 2. The Hall–Kier alpha value is -0.780. The van der Waals surface area contributed by atoms with Crippen LogP contribution in [0, 0.1) is 11.7 Å². The molecule has 0 saturated carbocycles. The molecule has 0 radical (unpaired) electrons. The first-order chi connectivity index (χ1) is 8.52. The molecule has 0 bridgehead atoms. The van der Waals surface area contributed by atoms with E-state index in [1.807, 2.05) is 6.92 Å². The van der Waals surface area contributed by atoms with E-state index in [2.05, 4.69) is 5.32 Å². The van der Waals surface area contributed by atoms with Crippen molar-refractivity contribution in [2.24, 2.45) is 11.7 Å². The van der Waals surface area contributed by atoms with Crippen molar-refractivity contribution in [3.8, 4) is 0 Å². The standard InChI is InChI=1S/C12H16ClFN2OS/c1-8(5-15)6-18-7-12(17)16-11-3-2-9(14)4-10(11)13/h2-4,8H,5-7,15H2,1H3,(H,16,17). The van der Waals surface area contributed by atoms with Gasteiger partial charge in [-0.1, -0.05) is 18.5 Å². The minimum Gasteiger partial charge on any atom is -0.330 e. The topological polar surface area (TPSA) is 55.1 Å². The number of carbonyl (C=O) groups is 1. The highest BCUT2D eigenvalue weighted by molar-refractivity contribution is 7.99. The summed E-state index contributed by atoms with van der Waals surface area (Å²) in [6.07, 6.45) is 0. The lowest BCUT2D eigenvalue weighted by atomic mass is 10.2. The molecular weight excluding hydrogens is 275 g/mol. The minimum absolute atomic E-state index is 0.155. The number of halogens is 2. The second-order valence-electron chi connectivity index (χ2n) is 4.03. The molecule has 0 spiro atoms. The summed E-state index contributed by atoms with van der Waals surface area (Å²) in [5.41, 5.74) is 5.91. The normalized spacial score (nSPS) is 12.2. The van der Waals surface area contributed by atoms with Crippen LogP contribution in [0.2, 0.25) is 5.02 Å². The van der Waals surface area contributed by atoms with Gasteiger partial charge in [-0.3, -0.25) is 4.79 Å². The van der Waals surface area contributed by atoms with Crippen LogP contribution in [0.3, 0.4) is 0 Å². The Labute approximate surface area is 115 Å². The monoisotopic (exact) mass is 290 g/mol. The van der Waals surface area contributed by atoms with Gasteiger partial charge in [0.05, 0.1) is 16.5 Å². The molecule has 18 heavy (non-hydrogen) atoms. The number of hydrogen-bond acceptors (Lipinski definition) is 3. The van der Waals surface area contributed by atoms with Gasteiger partial charge in [0.25, 0.3) is 0 Å². The summed E-state index contributed by atoms with van der Waals surface area (Å²) in [7, 11) is 0. The van der Waals surface area contributed by atoms with Crippen LogP contribution in [-0.4, -0.2) is 24.0 Å². The van der Waals surface area contributed by atoms with Crippen molar-refractivity contribution in [1.29, 1.82) is 0 Å². The molecule has 3 nitrogen and oxygen atoms in total. The van der Waals surface area contributed by atoms with E-state index in [4.69, 9.17) is 17.3 Å². The number of benzene rings is 1. The average Bonchev–Trinajstić information content (AvgIpc) is 2.32. The third-order valence-electron chi connectivity index (χ3n) is 2.24. The lowest BCUT2D eigenvalue weighted by molar-refractivity contribution is -0.113. The fourth-order valence-corrected chi connectivity index (χ4v) is 2.33. The Kier molecular flexibility index (Phi) is 6.46. The summed E-state index contributed by atoms with van der Waals surface area (Å²) in [6, 6.07) is 3.87. The first-order valence-corrected chi connectivity index (χ1v) is 7.09. The van der Waals surface area contributed by atoms with E-state index in [-0.39, 0.29) is 10.9 Å². The second kappa shape index (κ2) is 7.61. The first kappa shape index (κ1) is 15.3. The number of rotatable bonds is 6. The van der Waals surface area contributed by atoms with E-state index in [9.17, 15) is 9.18 Å². The van der Waals surface area contributed by atoms with Gasteiger partial charge in [0.15, 0.2) is 0 Å². The molecule has 100 valence electrons. The van der Waals surface area contributed by atoms with Crippen LogP contribution in [0.1, 0.15) is 6.92 Å². The summed E-state index contributed by atoms with van der Waals surface area (Å²) in [5, 5.41) is 2.84. The van der Waals surface area contributed by atoms with Crippen LogP contribution in [-0.2, 0) is 4.79 Å². The maximum absolute atomic E-state index is 12.8.